The SMILES string of the molecule is COc1cc(-c2cc(OC)cc(C(C)(C)C)c2OP2Oc3cccc4cc5cccc(Op6oc7c(C(C)(C)C)cc(OC)cc7c7cc(OC)cc(C(C)(C)C)c7o6)c5c(c34)O2)c(OP)c(C(C)(C)C)c1. The van der Waals surface area contributed by atoms with Gasteiger partial charge in [-0.1, -0.05) is 107 Å². The summed E-state index contributed by atoms with van der Waals surface area (Å²) < 4.78 is 72.3. The minimum absolute atomic E-state index is 0.309. The molecule has 0 N–H and O–H groups in total. The minimum Gasteiger partial charge on any atom is -0.497 e. The van der Waals surface area contributed by atoms with Gasteiger partial charge in [-0.3, -0.25) is 0 Å². The Hall–Kier alpha value is -5.98. The smallest absolute Gasteiger partial charge is 0.497 e. The van der Waals surface area contributed by atoms with E-state index in [-0.39, 0.29) is 16.2 Å². The first-order valence-corrected chi connectivity index (χ1v) is 26.6. The molecule has 0 amide bonds. The maximum Gasteiger partial charge on any atom is 0.530 e. The molecule has 14 heteroatoms. The third-order valence-electron chi connectivity index (χ3n) is 13.0. The highest BCUT2D eigenvalue weighted by Gasteiger charge is 2.36. The van der Waals surface area contributed by atoms with Crippen LogP contribution in [0.4, 0.5) is 0 Å². The zero-order chi connectivity index (χ0) is 51.8. The van der Waals surface area contributed by atoms with Gasteiger partial charge in [0.25, 0.3) is 0 Å². The molecule has 0 saturated carbocycles. The van der Waals surface area contributed by atoms with Gasteiger partial charge in [-0.25, -0.2) is 0 Å². The molecule has 1 aromatic heterocycles. The van der Waals surface area contributed by atoms with Gasteiger partial charge in [0, 0.05) is 44.2 Å². The third-order valence-corrected chi connectivity index (χ3v) is 15.3. The quantitative estimate of drug-likeness (QED) is 0.0965. The lowest BCUT2D eigenvalue weighted by molar-refractivity contribution is 0.375. The highest BCUT2D eigenvalue weighted by atomic mass is 31.2. The van der Waals surface area contributed by atoms with Crippen LogP contribution in [0.1, 0.15) is 105 Å². The average Bonchev–Trinajstić information content (AvgIpc) is 3.47. The second-order valence-electron chi connectivity index (χ2n) is 22.2. The van der Waals surface area contributed by atoms with E-state index in [0.717, 1.165) is 54.7 Å². The van der Waals surface area contributed by atoms with Crippen molar-refractivity contribution in [3.8, 4) is 62.9 Å². The molecule has 8 aromatic rings. The van der Waals surface area contributed by atoms with Crippen LogP contribution in [0.15, 0.2) is 99.4 Å². The predicted octanol–water partition coefficient (Wildman–Crippen LogP) is 17.6. The molecule has 2 atom stereocenters. The van der Waals surface area contributed by atoms with Crippen molar-refractivity contribution in [2.24, 2.45) is 0 Å². The molecule has 2 heterocycles. The zero-order valence-corrected chi connectivity index (χ0v) is 47.1. The fraction of sp³-hybridized carbons (Fsp3) is 0.345. The first-order chi connectivity index (χ1) is 33.9. The van der Waals surface area contributed by atoms with Crippen molar-refractivity contribution in [2.75, 3.05) is 28.4 Å². The summed E-state index contributed by atoms with van der Waals surface area (Å²) in [5.74, 6) is 5.58. The van der Waals surface area contributed by atoms with Crippen LogP contribution in [0.3, 0.4) is 0 Å². The fourth-order valence-corrected chi connectivity index (χ4v) is 11.7. The molecule has 7 aromatic carbocycles. The summed E-state index contributed by atoms with van der Waals surface area (Å²) in [4.78, 5) is 0. The Labute approximate surface area is 427 Å². The standard InChI is InChI=1S/C58H65O11P3/c1-55(2,3)42-28-34(59-13)24-38(50(42)63-70)39-25-35(60-14)29-43(56(4,5)6)51(39)68-72-65-47-22-18-20-33-23-32-19-17-21-46(48(32)54(69-72)49(33)47)64-71-66-52-40(26-36(61-15)30-44(52)57(7,8)9)41-27-37(62-16)31-45(53(41)67-71)58(10,11)12/h17-31H,70H2,1-16H3. The van der Waals surface area contributed by atoms with Crippen molar-refractivity contribution in [3.05, 3.63) is 113 Å². The lowest BCUT2D eigenvalue weighted by atomic mass is 9.81. The number of fused-ring (bicyclic) bond motifs is 5. The van der Waals surface area contributed by atoms with Crippen molar-refractivity contribution < 1.29 is 50.0 Å². The molecule has 11 nitrogen and oxygen atoms in total. The van der Waals surface area contributed by atoms with Gasteiger partial charge in [0.15, 0.2) is 5.75 Å². The van der Waals surface area contributed by atoms with E-state index in [1.54, 1.807) is 28.4 Å². The van der Waals surface area contributed by atoms with Crippen LogP contribution in [0.2, 0.25) is 0 Å². The van der Waals surface area contributed by atoms with Gasteiger partial charge in [-0.05, 0) is 99.2 Å². The molecule has 1 aliphatic rings. The maximum absolute atomic E-state index is 7.20. The van der Waals surface area contributed by atoms with E-state index in [1.807, 2.05) is 78.9 Å². The van der Waals surface area contributed by atoms with Crippen LogP contribution in [0.25, 0.3) is 54.6 Å². The van der Waals surface area contributed by atoms with Crippen molar-refractivity contribution in [3.63, 3.8) is 0 Å². The Balaban J connectivity index is 1.27. The van der Waals surface area contributed by atoms with E-state index in [2.05, 4.69) is 105 Å². The Morgan fingerprint density at radius 3 is 1.39 bits per heavy atom. The fourth-order valence-electron chi connectivity index (χ4n) is 9.26. The molecule has 0 spiro atoms. The monoisotopic (exact) mass is 1030 g/mol. The molecule has 2 unspecified atom stereocenters. The number of hydrogen-bond donors (Lipinski definition) is 0. The maximum atomic E-state index is 7.20. The van der Waals surface area contributed by atoms with Gasteiger partial charge in [0.2, 0.25) is 0 Å². The third kappa shape index (κ3) is 9.45. The van der Waals surface area contributed by atoms with E-state index in [9.17, 15) is 0 Å². The van der Waals surface area contributed by atoms with E-state index >= 15 is 0 Å². The molecular formula is C58H65O11P3. The van der Waals surface area contributed by atoms with Crippen LogP contribution in [0.5, 0.6) is 51.7 Å². The first kappa shape index (κ1) is 50.9. The number of hydrogen-bond acceptors (Lipinski definition) is 11. The molecule has 0 fully saturated rings. The topological polar surface area (TPSA) is 109 Å². The Morgan fingerprint density at radius 1 is 0.458 bits per heavy atom. The van der Waals surface area contributed by atoms with Gasteiger partial charge in [0.05, 0.1) is 48.7 Å². The Bertz CT molecular complexity index is 3380. The molecule has 72 heavy (non-hydrogen) atoms. The molecule has 0 radical (unpaired) electrons. The van der Waals surface area contributed by atoms with E-state index in [1.165, 1.54) is 0 Å². The van der Waals surface area contributed by atoms with Gasteiger partial charge >= 0.3 is 16.8 Å². The summed E-state index contributed by atoms with van der Waals surface area (Å²) in [6.07, 6.45) is 0. The van der Waals surface area contributed by atoms with Crippen LogP contribution in [-0.4, -0.2) is 28.4 Å². The predicted molar refractivity (Wildman–Crippen MR) is 296 cm³/mol. The van der Waals surface area contributed by atoms with E-state index in [4.69, 9.17) is 50.0 Å². The number of rotatable bonds is 10. The summed E-state index contributed by atoms with van der Waals surface area (Å²) in [6, 6.07) is 30.0. The second-order valence-corrected chi connectivity index (χ2v) is 24.5. The van der Waals surface area contributed by atoms with Gasteiger partial charge in [-0.15, -0.1) is 0 Å². The van der Waals surface area contributed by atoms with Gasteiger partial charge < -0.3 is 50.0 Å². The van der Waals surface area contributed by atoms with Crippen molar-refractivity contribution >= 4 is 69.8 Å². The first-order valence-electron chi connectivity index (χ1n) is 23.9. The van der Waals surface area contributed by atoms with Gasteiger partial charge in [0.1, 0.15) is 57.2 Å². The summed E-state index contributed by atoms with van der Waals surface area (Å²) in [7, 11) is 4.76. The van der Waals surface area contributed by atoms with Crippen molar-refractivity contribution in [1.29, 1.82) is 0 Å². The molecule has 378 valence electrons. The summed E-state index contributed by atoms with van der Waals surface area (Å²) in [5.41, 5.74) is 4.98. The Kier molecular flexibility index (Phi) is 13.3. The van der Waals surface area contributed by atoms with Crippen LogP contribution in [-0.2, 0) is 21.7 Å². The summed E-state index contributed by atoms with van der Waals surface area (Å²) in [5, 5.41) is 4.92. The molecule has 0 aliphatic carbocycles. The molecule has 0 bridgehead atoms. The Morgan fingerprint density at radius 2 is 0.903 bits per heavy atom. The average molecular weight is 1030 g/mol. The number of benzene rings is 7. The van der Waals surface area contributed by atoms with Crippen molar-refractivity contribution in [2.45, 2.75) is 105 Å². The molecule has 0 saturated heterocycles. The summed E-state index contributed by atoms with van der Waals surface area (Å²) >= 11 is 0. The minimum atomic E-state index is -2.18. The van der Waals surface area contributed by atoms with Crippen molar-refractivity contribution in [1.82, 2.24) is 0 Å². The van der Waals surface area contributed by atoms with Crippen LogP contribution in [0, 0.1) is 0 Å². The second kappa shape index (κ2) is 18.8. The highest BCUT2D eigenvalue weighted by Crippen LogP contribution is 2.59. The lowest BCUT2D eigenvalue weighted by Gasteiger charge is -2.31. The molecule has 9 rings (SSSR count). The highest BCUT2D eigenvalue weighted by molar-refractivity contribution is 7.43. The van der Waals surface area contributed by atoms with Gasteiger partial charge in [-0.2, -0.15) is 0 Å². The zero-order valence-electron chi connectivity index (χ0n) is 44.1. The lowest BCUT2D eigenvalue weighted by Crippen LogP contribution is -2.16. The summed E-state index contributed by atoms with van der Waals surface area (Å²) in [6.45, 7) is 25.8. The van der Waals surface area contributed by atoms with E-state index < -0.39 is 22.3 Å². The number of methoxy groups -OCH3 is 4. The van der Waals surface area contributed by atoms with Crippen LogP contribution < -0.4 is 41.6 Å². The van der Waals surface area contributed by atoms with Crippen LogP contribution >= 0.6 is 26.3 Å². The largest absolute Gasteiger partial charge is 0.530 e. The number of ether oxygens (including phenoxy) is 4. The molecular weight excluding hydrogens is 966 g/mol. The molecule has 1 aliphatic heterocycles. The van der Waals surface area contributed by atoms with E-state index in [0.29, 0.717) is 73.9 Å². The normalized spacial score (nSPS) is 14.0.